The first-order valence-corrected chi connectivity index (χ1v) is 5.60. The molecule has 1 aromatic heterocycles. The van der Waals surface area contributed by atoms with Gasteiger partial charge in [-0.2, -0.15) is 0 Å². The van der Waals surface area contributed by atoms with Gasteiger partial charge in [0, 0.05) is 13.1 Å². The minimum Gasteiger partial charge on any atom is -0.378 e. The summed E-state index contributed by atoms with van der Waals surface area (Å²) in [4.78, 5) is 23.3. The van der Waals surface area contributed by atoms with Crippen molar-refractivity contribution in [2.75, 3.05) is 31.2 Å². The van der Waals surface area contributed by atoms with Crippen LogP contribution < -0.4 is 4.90 Å². The number of anilines is 1. The molecule has 0 atom stereocenters. The third-order valence-electron chi connectivity index (χ3n) is 2.35. The standard InChI is InChI=1S/C9H10N2O4S/c12-6-7-5-8(9(16-7)11(13)14)10-1-3-15-4-2-10/h5-6H,1-4H2. The van der Waals surface area contributed by atoms with Crippen molar-refractivity contribution in [1.29, 1.82) is 0 Å². The second kappa shape index (κ2) is 4.58. The van der Waals surface area contributed by atoms with Crippen LogP contribution in [0.5, 0.6) is 0 Å². The summed E-state index contributed by atoms with van der Waals surface area (Å²) < 4.78 is 5.18. The Bertz CT molecular complexity index is 412. The van der Waals surface area contributed by atoms with Crippen molar-refractivity contribution in [1.82, 2.24) is 0 Å². The maximum absolute atomic E-state index is 10.8. The maximum Gasteiger partial charge on any atom is 0.347 e. The Morgan fingerprint density at radius 1 is 1.50 bits per heavy atom. The molecule has 0 saturated carbocycles. The lowest BCUT2D eigenvalue weighted by atomic mass is 10.3. The Kier molecular flexibility index (Phi) is 3.16. The van der Waals surface area contributed by atoms with E-state index in [0.717, 1.165) is 11.3 Å². The van der Waals surface area contributed by atoms with E-state index in [1.54, 1.807) is 6.07 Å². The van der Waals surface area contributed by atoms with Crippen molar-refractivity contribution in [3.8, 4) is 0 Å². The van der Waals surface area contributed by atoms with Crippen LogP contribution in [0.15, 0.2) is 6.07 Å². The van der Waals surface area contributed by atoms with Crippen LogP contribution in [0.3, 0.4) is 0 Å². The van der Waals surface area contributed by atoms with E-state index in [4.69, 9.17) is 4.74 Å². The van der Waals surface area contributed by atoms with Crippen LogP contribution in [0.25, 0.3) is 0 Å². The normalized spacial score (nSPS) is 16.1. The molecule has 16 heavy (non-hydrogen) atoms. The van der Waals surface area contributed by atoms with Crippen molar-refractivity contribution in [2.24, 2.45) is 0 Å². The average molecular weight is 242 g/mol. The van der Waals surface area contributed by atoms with Crippen LogP contribution in [0.1, 0.15) is 9.67 Å². The van der Waals surface area contributed by atoms with E-state index < -0.39 is 4.92 Å². The van der Waals surface area contributed by atoms with Gasteiger partial charge in [0.25, 0.3) is 0 Å². The van der Waals surface area contributed by atoms with Crippen LogP contribution >= 0.6 is 11.3 Å². The molecule has 1 fully saturated rings. The molecule has 2 rings (SSSR count). The summed E-state index contributed by atoms with van der Waals surface area (Å²) >= 11 is 0.912. The Labute approximate surface area is 95.6 Å². The van der Waals surface area contributed by atoms with E-state index in [-0.39, 0.29) is 5.00 Å². The van der Waals surface area contributed by atoms with Crippen molar-refractivity contribution in [3.63, 3.8) is 0 Å². The molecular weight excluding hydrogens is 232 g/mol. The number of carbonyl (C=O) groups excluding carboxylic acids is 1. The van der Waals surface area contributed by atoms with Gasteiger partial charge < -0.3 is 9.64 Å². The highest BCUT2D eigenvalue weighted by molar-refractivity contribution is 7.17. The first kappa shape index (κ1) is 11.0. The molecule has 7 heteroatoms. The van der Waals surface area contributed by atoms with Gasteiger partial charge in [-0.1, -0.05) is 11.3 Å². The first-order chi connectivity index (χ1) is 7.72. The Balaban J connectivity index is 2.33. The summed E-state index contributed by atoms with van der Waals surface area (Å²) in [5, 5.41) is 10.9. The quantitative estimate of drug-likeness (QED) is 0.454. The zero-order valence-electron chi connectivity index (χ0n) is 8.42. The fourth-order valence-electron chi connectivity index (χ4n) is 1.61. The number of rotatable bonds is 3. The van der Waals surface area contributed by atoms with Gasteiger partial charge in [-0.15, -0.1) is 0 Å². The van der Waals surface area contributed by atoms with Crippen molar-refractivity contribution >= 4 is 28.3 Å². The van der Waals surface area contributed by atoms with Gasteiger partial charge in [0.1, 0.15) is 5.69 Å². The third kappa shape index (κ3) is 2.05. The molecule has 0 N–H and O–H groups in total. The van der Waals surface area contributed by atoms with Crippen LogP contribution in [-0.4, -0.2) is 37.5 Å². The van der Waals surface area contributed by atoms with Gasteiger partial charge in [-0.05, 0) is 6.07 Å². The number of nitro groups is 1. The maximum atomic E-state index is 10.8. The zero-order chi connectivity index (χ0) is 11.5. The number of carbonyl (C=O) groups is 1. The van der Waals surface area contributed by atoms with Gasteiger partial charge in [0.2, 0.25) is 0 Å². The number of hydrogen-bond acceptors (Lipinski definition) is 6. The molecule has 0 aliphatic carbocycles. The SMILES string of the molecule is O=Cc1cc(N2CCOCC2)c([N+](=O)[O-])s1. The van der Waals surface area contributed by atoms with Crippen molar-refractivity contribution < 1.29 is 14.5 Å². The monoisotopic (exact) mass is 242 g/mol. The second-order valence-corrected chi connectivity index (χ2v) is 4.38. The molecule has 6 nitrogen and oxygen atoms in total. The van der Waals surface area contributed by atoms with Crippen molar-refractivity contribution in [3.05, 3.63) is 21.1 Å². The van der Waals surface area contributed by atoms with E-state index in [9.17, 15) is 14.9 Å². The minimum atomic E-state index is -0.442. The minimum absolute atomic E-state index is 0.0315. The zero-order valence-corrected chi connectivity index (χ0v) is 9.24. The van der Waals surface area contributed by atoms with Gasteiger partial charge in [-0.25, -0.2) is 0 Å². The number of morpholine rings is 1. The summed E-state index contributed by atoms with van der Waals surface area (Å²) in [7, 11) is 0. The summed E-state index contributed by atoms with van der Waals surface area (Å²) in [6.07, 6.45) is 0.640. The molecular formula is C9H10N2O4S. The van der Waals surface area contributed by atoms with E-state index >= 15 is 0 Å². The Morgan fingerprint density at radius 3 is 2.75 bits per heavy atom. The number of hydrogen-bond donors (Lipinski definition) is 0. The highest BCUT2D eigenvalue weighted by Gasteiger charge is 2.25. The average Bonchev–Trinajstić information content (AvgIpc) is 2.74. The van der Waals surface area contributed by atoms with E-state index in [1.807, 2.05) is 4.90 Å². The highest BCUT2D eigenvalue weighted by Crippen LogP contribution is 2.36. The van der Waals surface area contributed by atoms with Crippen LogP contribution in [-0.2, 0) is 4.74 Å². The molecule has 1 aromatic rings. The molecule has 1 aliphatic rings. The molecule has 0 spiro atoms. The highest BCUT2D eigenvalue weighted by atomic mass is 32.1. The second-order valence-electron chi connectivity index (χ2n) is 3.31. The molecule has 0 unspecified atom stereocenters. The molecule has 0 radical (unpaired) electrons. The van der Waals surface area contributed by atoms with Crippen LogP contribution in [0, 0.1) is 10.1 Å². The lowest BCUT2D eigenvalue weighted by Gasteiger charge is -2.27. The fourth-order valence-corrected chi connectivity index (χ4v) is 2.42. The third-order valence-corrected chi connectivity index (χ3v) is 3.35. The Morgan fingerprint density at radius 2 is 2.19 bits per heavy atom. The van der Waals surface area contributed by atoms with Gasteiger partial charge in [0.05, 0.1) is 23.0 Å². The fraction of sp³-hybridized carbons (Fsp3) is 0.444. The number of nitrogens with zero attached hydrogens (tertiary/aromatic N) is 2. The topological polar surface area (TPSA) is 72.7 Å². The molecule has 0 aromatic carbocycles. The molecule has 0 bridgehead atoms. The Hall–Kier alpha value is -1.47. The number of thiophene rings is 1. The smallest absolute Gasteiger partial charge is 0.347 e. The molecule has 86 valence electrons. The van der Waals surface area contributed by atoms with Crippen LogP contribution in [0.2, 0.25) is 0 Å². The van der Waals surface area contributed by atoms with Gasteiger partial charge in [-0.3, -0.25) is 14.9 Å². The lowest BCUT2D eigenvalue weighted by Crippen LogP contribution is -2.36. The van der Waals surface area contributed by atoms with Gasteiger partial charge >= 0.3 is 5.00 Å². The number of aldehydes is 1. The first-order valence-electron chi connectivity index (χ1n) is 4.78. The molecule has 0 amide bonds. The van der Waals surface area contributed by atoms with Crippen LogP contribution in [0.4, 0.5) is 10.7 Å². The summed E-state index contributed by atoms with van der Waals surface area (Å²) in [5.74, 6) is 0. The van der Waals surface area contributed by atoms with E-state index in [2.05, 4.69) is 0 Å². The predicted molar refractivity (Wildman–Crippen MR) is 59.4 cm³/mol. The molecule has 1 saturated heterocycles. The largest absolute Gasteiger partial charge is 0.378 e. The predicted octanol–water partition coefficient (Wildman–Crippen LogP) is 1.31. The molecule has 1 aliphatic heterocycles. The van der Waals surface area contributed by atoms with E-state index in [1.165, 1.54) is 0 Å². The summed E-state index contributed by atoms with van der Waals surface area (Å²) in [6.45, 7) is 2.36. The van der Waals surface area contributed by atoms with Crippen molar-refractivity contribution in [2.45, 2.75) is 0 Å². The van der Waals surface area contributed by atoms with Gasteiger partial charge in [0.15, 0.2) is 6.29 Å². The summed E-state index contributed by atoms with van der Waals surface area (Å²) in [5.41, 5.74) is 0.528. The van der Waals surface area contributed by atoms with E-state index in [0.29, 0.717) is 43.2 Å². The lowest BCUT2D eigenvalue weighted by molar-refractivity contribution is -0.379. The molecule has 2 heterocycles. The number of ether oxygens (including phenoxy) is 1. The summed E-state index contributed by atoms with van der Waals surface area (Å²) in [6, 6.07) is 1.57.